The van der Waals surface area contributed by atoms with Gasteiger partial charge in [-0.15, -0.1) is 0 Å². The van der Waals surface area contributed by atoms with Crippen molar-refractivity contribution in [2.75, 3.05) is 26.9 Å². The van der Waals surface area contributed by atoms with Gasteiger partial charge in [-0.1, -0.05) is 36.4 Å². The maximum atomic E-state index is 12.6. The number of amidine groups is 1. The first kappa shape index (κ1) is 22.3. The summed E-state index contributed by atoms with van der Waals surface area (Å²) < 4.78 is 11.0. The highest BCUT2D eigenvalue weighted by atomic mass is 16.5. The van der Waals surface area contributed by atoms with Crippen molar-refractivity contribution in [3.63, 3.8) is 0 Å². The number of hydrogen-bond acceptors (Lipinski definition) is 5. The van der Waals surface area contributed by atoms with Gasteiger partial charge in [-0.05, 0) is 29.7 Å². The Morgan fingerprint density at radius 1 is 1.16 bits per heavy atom. The summed E-state index contributed by atoms with van der Waals surface area (Å²) in [5, 5.41) is 16.5. The highest BCUT2D eigenvalue weighted by molar-refractivity contribution is 5.95. The number of methoxy groups -OCH3 is 1. The minimum absolute atomic E-state index is 0.0332. The van der Waals surface area contributed by atoms with E-state index in [1.165, 1.54) is 0 Å². The molecule has 0 aromatic heterocycles. The van der Waals surface area contributed by atoms with Gasteiger partial charge >= 0.3 is 5.97 Å². The fourth-order valence-corrected chi connectivity index (χ4v) is 3.77. The Kier molecular flexibility index (Phi) is 7.25. The number of ether oxygens (including phenoxy) is 2. The number of hydrogen-bond donors (Lipinski definition) is 3. The molecule has 1 heterocycles. The molecule has 1 saturated heterocycles. The van der Waals surface area contributed by atoms with Crippen LogP contribution in [0.25, 0.3) is 11.1 Å². The second-order valence-electron chi connectivity index (χ2n) is 7.54. The van der Waals surface area contributed by atoms with Crippen LogP contribution in [0, 0.1) is 11.3 Å². The predicted octanol–water partition coefficient (Wildman–Crippen LogP) is 2.35. The molecule has 164 valence electrons. The van der Waals surface area contributed by atoms with Crippen LogP contribution < -0.4 is 10.5 Å². The minimum Gasteiger partial charge on any atom is -0.491 e. The molecule has 1 fully saturated rings. The first-order valence-electron chi connectivity index (χ1n) is 10.1. The van der Waals surface area contributed by atoms with Crippen LogP contribution in [0.4, 0.5) is 0 Å². The van der Waals surface area contributed by atoms with E-state index in [-0.39, 0.29) is 30.8 Å². The van der Waals surface area contributed by atoms with Gasteiger partial charge in [0.05, 0.1) is 25.0 Å². The molecular weight excluding hydrogens is 398 g/mol. The van der Waals surface area contributed by atoms with Gasteiger partial charge in [0.2, 0.25) is 5.91 Å². The predicted molar refractivity (Wildman–Crippen MR) is 116 cm³/mol. The van der Waals surface area contributed by atoms with Crippen molar-refractivity contribution in [1.82, 2.24) is 4.90 Å². The normalized spacial score (nSPS) is 18.2. The Bertz CT molecular complexity index is 927. The third kappa shape index (κ3) is 5.61. The number of likely N-dealkylation sites (tertiary alicyclic amines) is 1. The number of carboxylic acids is 1. The summed E-state index contributed by atoms with van der Waals surface area (Å²) in [6.07, 6.45) is 0.283. The molecule has 1 amide bonds. The first-order valence-corrected chi connectivity index (χ1v) is 10.1. The van der Waals surface area contributed by atoms with E-state index in [1.807, 2.05) is 36.4 Å². The summed E-state index contributed by atoms with van der Waals surface area (Å²) in [5.74, 6) is -0.949. The molecule has 1 aliphatic heterocycles. The number of rotatable bonds is 10. The van der Waals surface area contributed by atoms with Gasteiger partial charge in [-0.2, -0.15) is 0 Å². The number of benzene rings is 2. The zero-order valence-corrected chi connectivity index (χ0v) is 17.4. The summed E-state index contributed by atoms with van der Waals surface area (Å²) in [5.41, 5.74) is 8.17. The molecule has 31 heavy (non-hydrogen) atoms. The average Bonchev–Trinajstić information content (AvgIpc) is 3.05. The fourth-order valence-electron chi connectivity index (χ4n) is 3.77. The fraction of sp³-hybridized carbons (Fsp3) is 0.348. The van der Waals surface area contributed by atoms with Crippen LogP contribution in [0.2, 0.25) is 0 Å². The second-order valence-corrected chi connectivity index (χ2v) is 7.54. The molecule has 1 aliphatic rings. The van der Waals surface area contributed by atoms with E-state index in [0.717, 1.165) is 11.1 Å². The lowest BCUT2D eigenvalue weighted by Crippen LogP contribution is -2.39. The molecule has 4 N–H and O–H groups in total. The Morgan fingerprint density at radius 3 is 2.32 bits per heavy atom. The van der Waals surface area contributed by atoms with Crippen LogP contribution >= 0.6 is 0 Å². The Balaban J connectivity index is 1.63. The minimum atomic E-state index is -0.974. The zero-order chi connectivity index (χ0) is 22.4. The highest BCUT2D eigenvalue weighted by Gasteiger charge is 2.40. The lowest BCUT2D eigenvalue weighted by Gasteiger charge is -2.24. The van der Waals surface area contributed by atoms with Crippen molar-refractivity contribution in [2.45, 2.75) is 18.9 Å². The number of carbonyl (C=O) groups is 2. The molecule has 2 atom stereocenters. The van der Waals surface area contributed by atoms with Gasteiger partial charge in [-0.25, -0.2) is 0 Å². The molecule has 8 heteroatoms. The third-order valence-corrected chi connectivity index (χ3v) is 5.41. The van der Waals surface area contributed by atoms with Gasteiger partial charge in [0.25, 0.3) is 0 Å². The van der Waals surface area contributed by atoms with Crippen molar-refractivity contribution in [3.05, 3.63) is 54.1 Å². The van der Waals surface area contributed by atoms with Crippen molar-refractivity contribution in [2.24, 2.45) is 11.7 Å². The summed E-state index contributed by atoms with van der Waals surface area (Å²) in [4.78, 5) is 25.3. The molecule has 0 saturated carbocycles. The van der Waals surface area contributed by atoms with E-state index in [9.17, 15) is 9.59 Å². The van der Waals surface area contributed by atoms with E-state index in [2.05, 4.69) is 0 Å². The Labute approximate surface area is 181 Å². The molecule has 0 spiro atoms. The summed E-state index contributed by atoms with van der Waals surface area (Å²) in [6.45, 7) is 1.09. The summed E-state index contributed by atoms with van der Waals surface area (Å²) in [6, 6.07) is 14.8. The van der Waals surface area contributed by atoms with Crippen molar-refractivity contribution < 1.29 is 24.2 Å². The van der Waals surface area contributed by atoms with Gasteiger partial charge in [0.15, 0.2) is 0 Å². The van der Waals surface area contributed by atoms with Crippen LogP contribution in [0.3, 0.4) is 0 Å². The molecule has 0 unspecified atom stereocenters. The van der Waals surface area contributed by atoms with Crippen LogP contribution in [0.15, 0.2) is 48.5 Å². The smallest absolute Gasteiger partial charge is 0.304 e. The topological polar surface area (TPSA) is 126 Å². The summed E-state index contributed by atoms with van der Waals surface area (Å²) in [7, 11) is 1.57. The maximum absolute atomic E-state index is 12.6. The molecule has 0 bridgehead atoms. The number of carboxylic acid groups (broad SMARTS) is 1. The lowest BCUT2D eigenvalue weighted by molar-refractivity contribution is -0.142. The van der Waals surface area contributed by atoms with E-state index in [0.29, 0.717) is 30.9 Å². The maximum Gasteiger partial charge on any atom is 0.304 e. The molecule has 2 aromatic carbocycles. The van der Waals surface area contributed by atoms with Crippen molar-refractivity contribution in [3.8, 4) is 16.9 Å². The average molecular weight is 425 g/mol. The Morgan fingerprint density at radius 2 is 1.77 bits per heavy atom. The number of amides is 1. The van der Waals surface area contributed by atoms with Crippen LogP contribution in [0.5, 0.6) is 5.75 Å². The number of nitrogen functional groups attached to an aromatic ring is 1. The number of nitrogens with zero attached hydrogens (tertiary/aromatic N) is 1. The first-order chi connectivity index (χ1) is 14.9. The number of nitrogens with one attached hydrogen (secondary N) is 1. The monoisotopic (exact) mass is 425 g/mol. The van der Waals surface area contributed by atoms with Gasteiger partial charge in [0.1, 0.15) is 18.2 Å². The van der Waals surface area contributed by atoms with Gasteiger partial charge in [0, 0.05) is 19.2 Å². The number of carbonyl (C=O) groups excluding carboxylic acids is 1. The summed E-state index contributed by atoms with van der Waals surface area (Å²) >= 11 is 0. The van der Waals surface area contributed by atoms with Crippen LogP contribution in [-0.4, -0.2) is 60.6 Å². The van der Waals surface area contributed by atoms with Crippen LogP contribution in [-0.2, 0) is 14.3 Å². The van der Waals surface area contributed by atoms with Crippen molar-refractivity contribution in [1.29, 1.82) is 5.41 Å². The molecular formula is C23H27N3O5. The number of aliphatic carboxylic acids is 1. The quantitative estimate of drug-likeness (QED) is 0.396. The molecule has 8 nitrogen and oxygen atoms in total. The standard InChI is InChI=1S/C23H27N3O5/c1-30-11-10-26-19(12-18(23(26)29)13-21(27)28)14-31-20-8-6-16(7-9-20)15-2-4-17(5-3-15)22(24)25/h2-9,18-19H,10-14H2,1H3,(H3,24,25)(H,27,28)/t18-,19-/m0/s1. The van der Waals surface area contributed by atoms with E-state index in [1.54, 1.807) is 24.1 Å². The zero-order valence-electron chi connectivity index (χ0n) is 17.4. The molecule has 0 radical (unpaired) electrons. The van der Waals surface area contributed by atoms with Gasteiger partial charge < -0.3 is 25.2 Å². The largest absolute Gasteiger partial charge is 0.491 e. The second kappa shape index (κ2) is 10.1. The van der Waals surface area contributed by atoms with E-state index in [4.69, 9.17) is 25.7 Å². The highest BCUT2D eigenvalue weighted by Crippen LogP contribution is 2.29. The molecule has 0 aliphatic carbocycles. The van der Waals surface area contributed by atoms with Crippen LogP contribution in [0.1, 0.15) is 18.4 Å². The van der Waals surface area contributed by atoms with E-state index < -0.39 is 11.9 Å². The number of nitrogens with two attached hydrogens (primary N) is 1. The van der Waals surface area contributed by atoms with Gasteiger partial charge in [-0.3, -0.25) is 15.0 Å². The third-order valence-electron chi connectivity index (χ3n) is 5.41. The van der Waals surface area contributed by atoms with Crippen molar-refractivity contribution >= 4 is 17.7 Å². The lowest BCUT2D eigenvalue weighted by atomic mass is 10.0. The molecule has 3 rings (SSSR count). The van der Waals surface area contributed by atoms with E-state index >= 15 is 0 Å². The Hall–Kier alpha value is -3.39. The molecule has 2 aromatic rings. The SMILES string of the molecule is COCCN1C(=O)[C@H](CC(=O)O)C[C@H]1COc1ccc(-c2ccc(C(=N)N)cc2)cc1.